The standard InChI is InChI=1S/C12H24N2/c1-9(2)11-5-6-14(8-11)12(7-13)10-3-4-10/h9-12H,3-8,13H2,1-2H3. The van der Waals surface area contributed by atoms with Crippen molar-refractivity contribution < 1.29 is 0 Å². The van der Waals surface area contributed by atoms with Crippen LogP contribution in [0.4, 0.5) is 0 Å². The average molecular weight is 196 g/mol. The summed E-state index contributed by atoms with van der Waals surface area (Å²) in [5.74, 6) is 2.70. The lowest BCUT2D eigenvalue weighted by atomic mass is 9.95. The molecule has 0 aromatic heterocycles. The van der Waals surface area contributed by atoms with Crippen LogP contribution in [0, 0.1) is 17.8 Å². The molecular formula is C12H24N2. The van der Waals surface area contributed by atoms with Gasteiger partial charge in [-0.05, 0) is 43.6 Å². The van der Waals surface area contributed by atoms with Gasteiger partial charge in [-0.25, -0.2) is 0 Å². The Labute approximate surface area is 87.8 Å². The minimum atomic E-state index is 0.707. The van der Waals surface area contributed by atoms with Crippen molar-refractivity contribution in [1.29, 1.82) is 0 Å². The normalized spacial score (nSPS) is 31.3. The zero-order chi connectivity index (χ0) is 10.1. The summed E-state index contributed by atoms with van der Waals surface area (Å²) in [4.78, 5) is 2.66. The van der Waals surface area contributed by atoms with Gasteiger partial charge in [0.15, 0.2) is 0 Å². The number of nitrogens with two attached hydrogens (primary N) is 1. The molecule has 2 N–H and O–H groups in total. The van der Waals surface area contributed by atoms with Crippen LogP contribution in [0.25, 0.3) is 0 Å². The third-order valence-corrected chi connectivity index (χ3v) is 4.08. The van der Waals surface area contributed by atoms with Crippen LogP contribution in [0.5, 0.6) is 0 Å². The van der Waals surface area contributed by atoms with E-state index in [0.29, 0.717) is 6.04 Å². The average Bonchev–Trinajstić information content (AvgIpc) is 2.84. The highest BCUT2D eigenvalue weighted by atomic mass is 15.2. The van der Waals surface area contributed by atoms with Crippen LogP contribution in [0.15, 0.2) is 0 Å². The van der Waals surface area contributed by atoms with Crippen LogP contribution in [0.3, 0.4) is 0 Å². The first kappa shape index (κ1) is 10.4. The Kier molecular flexibility index (Phi) is 3.13. The summed E-state index contributed by atoms with van der Waals surface area (Å²) in [7, 11) is 0. The van der Waals surface area contributed by atoms with Crippen LogP contribution in [0.1, 0.15) is 33.1 Å². The lowest BCUT2D eigenvalue weighted by Crippen LogP contribution is -2.41. The van der Waals surface area contributed by atoms with Gasteiger partial charge in [-0.2, -0.15) is 0 Å². The fraction of sp³-hybridized carbons (Fsp3) is 1.00. The molecule has 2 rings (SSSR count). The minimum absolute atomic E-state index is 0.707. The van der Waals surface area contributed by atoms with Gasteiger partial charge in [0.2, 0.25) is 0 Å². The van der Waals surface area contributed by atoms with Crippen molar-refractivity contribution in [3.63, 3.8) is 0 Å². The molecule has 1 heterocycles. The third-order valence-electron chi connectivity index (χ3n) is 4.08. The first-order chi connectivity index (χ1) is 6.72. The molecule has 1 saturated carbocycles. The summed E-state index contributed by atoms with van der Waals surface area (Å²) < 4.78 is 0. The fourth-order valence-corrected chi connectivity index (χ4v) is 2.78. The summed E-state index contributed by atoms with van der Waals surface area (Å²) in [6.07, 6.45) is 4.23. The molecule has 0 aromatic carbocycles. The van der Waals surface area contributed by atoms with Gasteiger partial charge < -0.3 is 5.73 Å². The van der Waals surface area contributed by atoms with Crippen molar-refractivity contribution in [2.45, 2.75) is 39.2 Å². The second kappa shape index (κ2) is 4.19. The van der Waals surface area contributed by atoms with Crippen LogP contribution in [-0.2, 0) is 0 Å². The smallest absolute Gasteiger partial charge is 0.0246 e. The Balaban J connectivity index is 1.86. The van der Waals surface area contributed by atoms with Gasteiger partial charge in [0.05, 0.1) is 0 Å². The first-order valence-corrected chi connectivity index (χ1v) is 6.16. The van der Waals surface area contributed by atoms with E-state index in [-0.39, 0.29) is 0 Å². The maximum atomic E-state index is 5.87. The molecule has 0 bridgehead atoms. The maximum Gasteiger partial charge on any atom is 0.0246 e. The molecule has 2 nitrogen and oxygen atoms in total. The zero-order valence-corrected chi connectivity index (χ0v) is 9.58. The van der Waals surface area contributed by atoms with E-state index in [0.717, 1.165) is 24.3 Å². The SMILES string of the molecule is CC(C)C1CCN(C(CN)C2CC2)C1. The monoisotopic (exact) mass is 196 g/mol. The highest BCUT2D eigenvalue weighted by Crippen LogP contribution is 2.37. The lowest BCUT2D eigenvalue weighted by molar-refractivity contribution is 0.208. The lowest BCUT2D eigenvalue weighted by Gasteiger charge is -2.27. The predicted molar refractivity (Wildman–Crippen MR) is 60.1 cm³/mol. The van der Waals surface area contributed by atoms with E-state index in [1.54, 1.807) is 0 Å². The number of likely N-dealkylation sites (tertiary alicyclic amines) is 1. The van der Waals surface area contributed by atoms with E-state index < -0.39 is 0 Å². The van der Waals surface area contributed by atoms with E-state index in [1.165, 1.54) is 32.4 Å². The summed E-state index contributed by atoms with van der Waals surface area (Å²) in [5.41, 5.74) is 5.87. The van der Waals surface area contributed by atoms with Crippen LogP contribution < -0.4 is 5.73 Å². The van der Waals surface area contributed by atoms with Gasteiger partial charge in [-0.1, -0.05) is 13.8 Å². The molecule has 0 aromatic rings. The minimum Gasteiger partial charge on any atom is -0.329 e. The van der Waals surface area contributed by atoms with Crippen LogP contribution >= 0.6 is 0 Å². The first-order valence-electron chi connectivity index (χ1n) is 6.16. The predicted octanol–water partition coefficient (Wildman–Crippen LogP) is 1.70. The number of hydrogen-bond donors (Lipinski definition) is 1. The summed E-state index contributed by atoms with van der Waals surface area (Å²) in [6.45, 7) is 8.16. The van der Waals surface area contributed by atoms with Gasteiger partial charge >= 0.3 is 0 Å². The second-order valence-corrected chi connectivity index (χ2v) is 5.43. The molecule has 82 valence electrons. The quantitative estimate of drug-likeness (QED) is 0.741. The number of rotatable bonds is 4. The Morgan fingerprint density at radius 3 is 2.36 bits per heavy atom. The van der Waals surface area contributed by atoms with E-state index in [2.05, 4.69) is 18.7 Å². The topological polar surface area (TPSA) is 29.3 Å². The summed E-state index contributed by atoms with van der Waals surface area (Å²) >= 11 is 0. The molecule has 2 heteroatoms. The van der Waals surface area contributed by atoms with Crippen LogP contribution in [0.2, 0.25) is 0 Å². The van der Waals surface area contributed by atoms with Crippen molar-refractivity contribution in [3.8, 4) is 0 Å². The molecule has 0 spiro atoms. The second-order valence-electron chi connectivity index (χ2n) is 5.43. The van der Waals surface area contributed by atoms with Crippen molar-refractivity contribution >= 4 is 0 Å². The molecule has 2 unspecified atom stereocenters. The fourth-order valence-electron chi connectivity index (χ4n) is 2.78. The van der Waals surface area contributed by atoms with Crippen molar-refractivity contribution in [2.75, 3.05) is 19.6 Å². The van der Waals surface area contributed by atoms with Gasteiger partial charge in [-0.3, -0.25) is 4.90 Å². The Hall–Kier alpha value is -0.0800. The highest BCUT2D eigenvalue weighted by molar-refractivity contribution is 4.92. The molecule has 0 radical (unpaired) electrons. The van der Waals surface area contributed by atoms with E-state index in [4.69, 9.17) is 5.73 Å². The van der Waals surface area contributed by atoms with Gasteiger partial charge in [-0.15, -0.1) is 0 Å². The van der Waals surface area contributed by atoms with Crippen LogP contribution in [-0.4, -0.2) is 30.6 Å². The molecule has 14 heavy (non-hydrogen) atoms. The largest absolute Gasteiger partial charge is 0.329 e. The van der Waals surface area contributed by atoms with Crippen molar-refractivity contribution in [2.24, 2.45) is 23.5 Å². The molecule has 2 aliphatic rings. The maximum absolute atomic E-state index is 5.87. The van der Waals surface area contributed by atoms with Crippen molar-refractivity contribution in [3.05, 3.63) is 0 Å². The number of nitrogens with zero attached hydrogens (tertiary/aromatic N) is 1. The van der Waals surface area contributed by atoms with Gasteiger partial charge in [0, 0.05) is 19.1 Å². The van der Waals surface area contributed by atoms with E-state index in [9.17, 15) is 0 Å². The zero-order valence-electron chi connectivity index (χ0n) is 9.58. The Morgan fingerprint density at radius 1 is 1.21 bits per heavy atom. The molecule has 2 fully saturated rings. The Bertz CT molecular complexity index is 187. The highest BCUT2D eigenvalue weighted by Gasteiger charge is 2.37. The molecule has 1 saturated heterocycles. The number of hydrogen-bond acceptors (Lipinski definition) is 2. The van der Waals surface area contributed by atoms with Crippen molar-refractivity contribution in [1.82, 2.24) is 4.90 Å². The molecular weight excluding hydrogens is 172 g/mol. The van der Waals surface area contributed by atoms with E-state index in [1.807, 2.05) is 0 Å². The van der Waals surface area contributed by atoms with E-state index >= 15 is 0 Å². The summed E-state index contributed by atoms with van der Waals surface area (Å²) in [6, 6.07) is 0.707. The Morgan fingerprint density at radius 2 is 1.93 bits per heavy atom. The summed E-state index contributed by atoms with van der Waals surface area (Å²) in [5, 5.41) is 0. The molecule has 0 amide bonds. The molecule has 2 atom stereocenters. The molecule has 1 aliphatic carbocycles. The van der Waals surface area contributed by atoms with Gasteiger partial charge in [0.25, 0.3) is 0 Å². The molecule has 1 aliphatic heterocycles. The third kappa shape index (κ3) is 2.12. The van der Waals surface area contributed by atoms with Gasteiger partial charge in [0.1, 0.15) is 0 Å².